The number of amides is 1. The molecule has 1 amide bonds. The number of nitrogens with one attached hydrogen (secondary N) is 1. The number of carbonyl (C=O) groups excluding carboxylic acids is 1. The molecule has 2 aromatic heterocycles. The highest BCUT2D eigenvalue weighted by atomic mass is 16.5. The van der Waals surface area contributed by atoms with Crippen molar-refractivity contribution in [3.63, 3.8) is 0 Å². The van der Waals surface area contributed by atoms with Crippen LogP contribution < -0.4 is 5.32 Å². The van der Waals surface area contributed by atoms with Crippen molar-refractivity contribution in [1.82, 2.24) is 19.9 Å². The van der Waals surface area contributed by atoms with Crippen molar-refractivity contribution in [3.8, 4) is 23.1 Å². The quantitative estimate of drug-likeness (QED) is 0.500. The summed E-state index contributed by atoms with van der Waals surface area (Å²) in [5.74, 6) is 1.41. The van der Waals surface area contributed by atoms with Crippen LogP contribution in [0.2, 0.25) is 0 Å². The van der Waals surface area contributed by atoms with Gasteiger partial charge < -0.3 is 9.84 Å². The highest BCUT2D eigenvalue weighted by Crippen LogP contribution is 2.36. The number of hydrogen-bond donors (Lipinski definition) is 1. The molecule has 0 atom stereocenters. The molecule has 8 nitrogen and oxygen atoms in total. The minimum absolute atomic E-state index is 0.282. The second kappa shape index (κ2) is 8.12. The molecule has 0 bridgehead atoms. The summed E-state index contributed by atoms with van der Waals surface area (Å²) < 4.78 is 7.07. The monoisotopic (exact) mass is 424 g/mol. The van der Waals surface area contributed by atoms with Gasteiger partial charge in [0.25, 0.3) is 5.91 Å². The maximum absolute atomic E-state index is 12.7. The van der Waals surface area contributed by atoms with E-state index in [2.05, 4.69) is 26.6 Å². The van der Waals surface area contributed by atoms with Crippen LogP contribution in [0, 0.1) is 18.3 Å². The van der Waals surface area contributed by atoms with Gasteiger partial charge in [0.15, 0.2) is 0 Å². The predicted molar refractivity (Wildman–Crippen MR) is 117 cm³/mol. The van der Waals surface area contributed by atoms with E-state index in [1.54, 1.807) is 42.1 Å². The summed E-state index contributed by atoms with van der Waals surface area (Å²) in [5.41, 5.74) is 3.78. The minimum atomic E-state index is -0.282. The van der Waals surface area contributed by atoms with Crippen LogP contribution in [0.1, 0.15) is 52.7 Å². The lowest BCUT2D eigenvalue weighted by atomic mass is 9.85. The lowest BCUT2D eigenvalue weighted by Crippen LogP contribution is -2.12. The van der Waals surface area contributed by atoms with Crippen LogP contribution in [-0.2, 0) is 0 Å². The molecule has 0 unspecified atom stereocenters. The standard InChI is InChI=1S/C24H20N6O2/c1-15-21(23(31)26-19-7-2-4-16(12-19)13-25)14-30(28-15)20-10-8-17(9-11-20)22-27-24(32-29-22)18-5-3-6-18/h2,4,7-12,14,18H,3,5-6H2,1H3,(H,26,31). The Bertz CT molecular complexity index is 1330. The smallest absolute Gasteiger partial charge is 0.259 e. The van der Waals surface area contributed by atoms with Gasteiger partial charge in [-0.3, -0.25) is 4.79 Å². The Morgan fingerprint density at radius 1 is 1.22 bits per heavy atom. The molecule has 2 aromatic carbocycles. The number of rotatable bonds is 5. The summed E-state index contributed by atoms with van der Waals surface area (Å²) in [6, 6.07) is 16.5. The normalized spacial score (nSPS) is 13.4. The Morgan fingerprint density at radius 2 is 2.03 bits per heavy atom. The van der Waals surface area contributed by atoms with Gasteiger partial charge in [-0.1, -0.05) is 17.6 Å². The first-order chi connectivity index (χ1) is 15.6. The fourth-order valence-corrected chi connectivity index (χ4v) is 3.62. The van der Waals surface area contributed by atoms with E-state index < -0.39 is 0 Å². The van der Waals surface area contributed by atoms with E-state index in [0.29, 0.717) is 40.1 Å². The van der Waals surface area contributed by atoms with Gasteiger partial charge in [0.05, 0.1) is 28.6 Å². The van der Waals surface area contributed by atoms with Crippen molar-refractivity contribution >= 4 is 11.6 Å². The molecular formula is C24H20N6O2. The zero-order chi connectivity index (χ0) is 22.1. The number of hydrogen-bond acceptors (Lipinski definition) is 6. The highest BCUT2D eigenvalue weighted by Gasteiger charge is 2.25. The molecule has 1 fully saturated rings. The number of nitrogens with zero attached hydrogens (tertiary/aromatic N) is 5. The summed E-state index contributed by atoms with van der Waals surface area (Å²) in [5, 5.41) is 20.4. The lowest BCUT2D eigenvalue weighted by molar-refractivity contribution is 0.102. The number of anilines is 1. The average Bonchev–Trinajstić information content (AvgIpc) is 3.40. The molecule has 1 N–H and O–H groups in total. The Balaban J connectivity index is 1.33. The Hall–Kier alpha value is -4.25. The van der Waals surface area contributed by atoms with Crippen molar-refractivity contribution in [3.05, 3.63) is 77.4 Å². The van der Waals surface area contributed by atoms with Gasteiger partial charge >= 0.3 is 0 Å². The van der Waals surface area contributed by atoms with Crippen molar-refractivity contribution in [2.24, 2.45) is 0 Å². The van der Waals surface area contributed by atoms with E-state index in [4.69, 9.17) is 9.78 Å². The molecular weight excluding hydrogens is 404 g/mol. The third-order valence-corrected chi connectivity index (χ3v) is 5.68. The second-order valence-electron chi connectivity index (χ2n) is 7.85. The summed E-state index contributed by atoms with van der Waals surface area (Å²) in [6.45, 7) is 1.78. The summed E-state index contributed by atoms with van der Waals surface area (Å²) in [6.07, 6.45) is 5.13. The average molecular weight is 424 g/mol. The molecule has 0 saturated heterocycles. The first-order valence-electron chi connectivity index (χ1n) is 10.4. The van der Waals surface area contributed by atoms with Gasteiger partial charge in [-0.15, -0.1) is 0 Å². The highest BCUT2D eigenvalue weighted by molar-refractivity contribution is 6.05. The van der Waals surface area contributed by atoms with Gasteiger partial charge in [0.2, 0.25) is 11.7 Å². The summed E-state index contributed by atoms with van der Waals surface area (Å²) in [4.78, 5) is 17.3. The Kier molecular flexibility index (Phi) is 5.00. The largest absolute Gasteiger partial charge is 0.339 e. The van der Waals surface area contributed by atoms with Crippen molar-refractivity contribution in [2.45, 2.75) is 32.1 Å². The van der Waals surface area contributed by atoms with Gasteiger partial charge in [0, 0.05) is 23.4 Å². The SMILES string of the molecule is Cc1nn(-c2ccc(-c3noc(C4CCC4)n3)cc2)cc1C(=O)Nc1cccc(C#N)c1. The number of aryl methyl sites for hydroxylation is 1. The molecule has 1 saturated carbocycles. The third-order valence-electron chi connectivity index (χ3n) is 5.68. The fraction of sp³-hybridized carbons (Fsp3) is 0.208. The number of carbonyl (C=O) groups is 1. The van der Waals surface area contributed by atoms with Crippen LogP contribution >= 0.6 is 0 Å². The molecule has 2 heterocycles. The molecule has 158 valence electrons. The molecule has 0 radical (unpaired) electrons. The molecule has 4 aromatic rings. The Labute approximate surface area is 184 Å². The summed E-state index contributed by atoms with van der Waals surface area (Å²) in [7, 11) is 0. The number of nitriles is 1. The van der Waals surface area contributed by atoms with E-state index in [0.717, 1.165) is 24.1 Å². The zero-order valence-electron chi connectivity index (χ0n) is 17.4. The van der Waals surface area contributed by atoms with E-state index >= 15 is 0 Å². The third kappa shape index (κ3) is 3.76. The van der Waals surface area contributed by atoms with Crippen LogP contribution in [-0.4, -0.2) is 25.8 Å². The van der Waals surface area contributed by atoms with Crippen molar-refractivity contribution < 1.29 is 9.32 Å². The van der Waals surface area contributed by atoms with Crippen LogP contribution in [0.15, 0.2) is 59.3 Å². The van der Waals surface area contributed by atoms with Crippen LogP contribution in [0.3, 0.4) is 0 Å². The van der Waals surface area contributed by atoms with Gasteiger partial charge in [-0.05, 0) is 62.2 Å². The second-order valence-corrected chi connectivity index (χ2v) is 7.85. The molecule has 1 aliphatic carbocycles. The Morgan fingerprint density at radius 3 is 2.75 bits per heavy atom. The minimum Gasteiger partial charge on any atom is -0.339 e. The molecule has 8 heteroatoms. The fourth-order valence-electron chi connectivity index (χ4n) is 3.62. The van der Waals surface area contributed by atoms with E-state index in [9.17, 15) is 4.79 Å². The van der Waals surface area contributed by atoms with Gasteiger partial charge in [-0.2, -0.15) is 15.3 Å². The van der Waals surface area contributed by atoms with Gasteiger partial charge in [0.1, 0.15) is 0 Å². The molecule has 32 heavy (non-hydrogen) atoms. The van der Waals surface area contributed by atoms with Crippen LogP contribution in [0.4, 0.5) is 5.69 Å². The van der Waals surface area contributed by atoms with Crippen molar-refractivity contribution in [1.29, 1.82) is 5.26 Å². The van der Waals surface area contributed by atoms with Gasteiger partial charge in [-0.25, -0.2) is 4.68 Å². The zero-order valence-corrected chi connectivity index (χ0v) is 17.4. The number of aromatic nitrogens is 4. The van der Waals surface area contributed by atoms with E-state index in [1.807, 2.05) is 24.3 Å². The van der Waals surface area contributed by atoms with Crippen molar-refractivity contribution in [2.75, 3.05) is 5.32 Å². The number of benzene rings is 2. The molecule has 0 spiro atoms. The topological polar surface area (TPSA) is 110 Å². The maximum Gasteiger partial charge on any atom is 0.259 e. The van der Waals surface area contributed by atoms with E-state index in [-0.39, 0.29) is 5.91 Å². The van der Waals surface area contributed by atoms with E-state index in [1.165, 1.54) is 6.42 Å². The van der Waals surface area contributed by atoms with Crippen LogP contribution in [0.5, 0.6) is 0 Å². The lowest BCUT2D eigenvalue weighted by Gasteiger charge is -2.20. The first-order valence-corrected chi connectivity index (χ1v) is 10.4. The first kappa shape index (κ1) is 19.7. The summed E-state index contributed by atoms with van der Waals surface area (Å²) >= 11 is 0. The molecule has 0 aliphatic heterocycles. The van der Waals surface area contributed by atoms with Crippen LogP contribution in [0.25, 0.3) is 17.1 Å². The predicted octanol–water partition coefficient (Wildman–Crippen LogP) is 4.62. The molecule has 5 rings (SSSR count). The molecule has 1 aliphatic rings. The maximum atomic E-state index is 12.7.